The van der Waals surface area contributed by atoms with Gasteiger partial charge < -0.3 is 0 Å². The molecule has 2 aromatic heterocycles. The molecule has 0 atom stereocenters. The first-order valence-corrected chi connectivity index (χ1v) is 10.3. The van der Waals surface area contributed by atoms with E-state index in [1.54, 1.807) is 50.2 Å². The van der Waals surface area contributed by atoms with E-state index < -0.39 is 10.0 Å². The molecule has 0 bridgehead atoms. The maximum absolute atomic E-state index is 12.6. The van der Waals surface area contributed by atoms with Crippen molar-refractivity contribution in [3.05, 3.63) is 48.3 Å². The number of anilines is 1. The minimum absolute atomic E-state index is 0.222. The third-order valence-corrected chi connectivity index (χ3v) is 6.80. The quantitative estimate of drug-likeness (QED) is 0.698. The Morgan fingerprint density at radius 1 is 1.19 bits per heavy atom. The van der Waals surface area contributed by atoms with Crippen LogP contribution in [0, 0.1) is 0 Å². The van der Waals surface area contributed by atoms with Crippen molar-refractivity contribution in [3.8, 4) is 0 Å². The van der Waals surface area contributed by atoms with Crippen LogP contribution in [0.15, 0.2) is 47.5 Å². The first-order valence-electron chi connectivity index (χ1n) is 8.08. The number of carbonyl (C=O) groups is 1. The minimum Gasteiger partial charge on any atom is -0.296 e. The van der Waals surface area contributed by atoms with Crippen molar-refractivity contribution in [2.45, 2.75) is 18.7 Å². The van der Waals surface area contributed by atoms with Gasteiger partial charge in [-0.3, -0.25) is 15.1 Å². The van der Waals surface area contributed by atoms with Crippen LogP contribution in [0.25, 0.3) is 10.2 Å². The molecule has 0 saturated carbocycles. The number of benzene rings is 1. The average Bonchev–Trinajstić information content (AvgIpc) is 3.04. The monoisotopic (exact) mass is 390 g/mol. The molecular weight excluding hydrogens is 372 g/mol. The van der Waals surface area contributed by atoms with Gasteiger partial charge in [0.15, 0.2) is 5.13 Å². The Balaban J connectivity index is 1.89. The highest BCUT2D eigenvalue weighted by Crippen LogP contribution is 2.29. The van der Waals surface area contributed by atoms with Crippen molar-refractivity contribution in [1.29, 1.82) is 0 Å². The highest BCUT2D eigenvalue weighted by Gasteiger charge is 2.22. The largest absolute Gasteiger partial charge is 0.296 e. The lowest BCUT2D eigenvalue weighted by molar-refractivity contribution is 0.102. The number of thiazole rings is 1. The van der Waals surface area contributed by atoms with Crippen LogP contribution in [0.3, 0.4) is 0 Å². The normalized spacial score (nSPS) is 11.8. The molecule has 0 spiro atoms. The molecule has 0 saturated heterocycles. The number of nitrogens with zero attached hydrogens (tertiary/aromatic N) is 3. The second-order valence-electron chi connectivity index (χ2n) is 5.41. The van der Waals surface area contributed by atoms with E-state index in [0.29, 0.717) is 28.4 Å². The van der Waals surface area contributed by atoms with Crippen LogP contribution in [0.2, 0.25) is 0 Å². The van der Waals surface area contributed by atoms with Crippen LogP contribution in [-0.2, 0) is 10.0 Å². The third-order valence-electron chi connectivity index (χ3n) is 3.82. The number of hydrogen-bond donors (Lipinski definition) is 1. The van der Waals surface area contributed by atoms with E-state index in [9.17, 15) is 13.2 Å². The fourth-order valence-corrected chi connectivity index (χ4v) is 4.95. The zero-order chi connectivity index (χ0) is 18.7. The van der Waals surface area contributed by atoms with Crippen LogP contribution >= 0.6 is 11.3 Å². The zero-order valence-electron chi connectivity index (χ0n) is 14.3. The summed E-state index contributed by atoms with van der Waals surface area (Å²) < 4.78 is 27.4. The summed E-state index contributed by atoms with van der Waals surface area (Å²) in [5, 5.41) is 3.09. The number of nitrogens with one attached hydrogen (secondary N) is 1. The molecular formula is C17H18N4O3S2. The summed E-state index contributed by atoms with van der Waals surface area (Å²) >= 11 is 1.22. The number of sulfonamides is 1. The van der Waals surface area contributed by atoms with Gasteiger partial charge in [-0.15, -0.1) is 0 Å². The molecule has 0 fully saturated rings. The Morgan fingerprint density at radius 2 is 1.96 bits per heavy atom. The summed E-state index contributed by atoms with van der Waals surface area (Å²) in [6, 6.07) is 9.85. The van der Waals surface area contributed by atoms with Gasteiger partial charge in [-0.05, 0) is 30.3 Å². The van der Waals surface area contributed by atoms with Gasteiger partial charge >= 0.3 is 0 Å². The molecule has 1 N–H and O–H groups in total. The Hall–Kier alpha value is -2.36. The molecule has 3 aromatic rings. The molecule has 1 aromatic carbocycles. The second-order valence-corrected chi connectivity index (χ2v) is 8.38. The van der Waals surface area contributed by atoms with Crippen molar-refractivity contribution >= 4 is 42.6 Å². The SMILES string of the molecule is CCN(CC)S(=O)(=O)c1ccc2nc(NC(=O)c3ccccn3)sc2c1. The smallest absolute Gasteiger partial charge is 0.276 e. The first-order chi connectivity index (χ1) is 12.5. The number of hydrogen-bond acceptors (Lipinski definition) is 6. The van der Waals surface area contributed by atoms with E-state index >= 15 is 0 Å². The summed E-state index contributed by atoms with van der Waals surface area (Å²) in [6.45, 7) is 4.42. The van der Waals surface area contributed by atoms with Crippen LogP contribution < -0.4 is 5.32 Å². The minimum atomic E-state index is -3.53. The fraction of sp³-hybridized carbons (Fsp3) is 0.235. The molecule has 0 unspecified atom stereocenters. The van der Waals surface area contributed by atoms with Crippen molar-refractivity contribution in [1.82, 2.24) is 14.3 Å². The highest BCUT2D eigenvalue weighted by molar-refractivity contribution is 7.89. The average molecular weight is 390 g/mol. The van der Waals surface area contributed by atoms with Crippen LogP contribution in [0.1, 0.15) is 24.3 Å². The molecule has 26 heavy (non-hydrogen) atoms. The maximum atomic E-state index is 12.6. The lowest BCUT2D eigenvalue weighted by Gasteiger charge is -2.18. The molecule has 9 heteroatoms. The van der Waals surface area contributed by atoms with Gasteiger partial charge in [0, 0.05) is 19.3 Å². The highest BCUT2D eigenvalue weighted by atomic mass is 32.2. The molecule has 0 radical (unpaired) electrons. The van der Waals surface area contributed by atoms with Gasteiger partial charge in [0.2, 0.25) is 10.0 Å². The predicted octanol–water partition coefficient (Wildman–Crippen LogP) is 2.97. The lowest BCUT2D eigenvalue weighted by Crippen LogP contribution is -2.30. The van der Waals surface area contributed by atoms with Gasteiger partial charge in [-0.25, -0.2) is 13.4 Å². The Kier molecular flexibility index (Phi) is 5.30. The van der Waals surface area contributed by atoms with Crippen LogP contribution in [0.4, 0.5) is 5.13 Å². The Morgan fingerprint density at radius 3 is 2.62 bits per heavy atom. The lowest BCUT2D eigenvalue weighted by atomic mass is 10.3. The summed E-state index contributed by atoms with van der Waals surface area (Å²) in [7, 11) is -3.53. The molecule has 3 rings (SSSR count). The Bertz CT molecular complexity index is 1030. The number of pyridine rings is 1. The van der Waals surface area contributed by atoms with Gasteiger partial charge in [0.25, 0.3) is 5.91 Å². The third kappa shape index (κ3) is 3.59. The van der Waals surface area contributed by atoms with E-state index in [1.165, 1.54) is 21.8 Å². The number of aromatic nitrogens is 2. The Labute approximate surface area is 155 Å². The summed E-state index contributed by atoms with van der Waals surface area (Å²) in [5.41, 5.74) is 0.918. The summed E-state index contributed by atoms with van der Waals surface area (Å²) in [5.74, 6) is -0.361. The topological polar surface area (TPSA) is 92.3 Å². The summed E-state index contributed by atoms with van der Waals surface area (Å²) in [4.78, 5) is 20.7. The van der Waals surface area contributed by atoms with Crippen LogP contribution in [0.5, 0.6) is 0 Å². The fourth-order valence-electron chi connectivity index (χ4n) is 2.49. The van der Waals surface area contributed by atoms with Gasteiger partial charge in [0.05, 0.1) is 15.1 Å². The molecule has 1 amide bonds. The van der Waals surface area contributed by atoms with Gasteiger partial charge in [0.1, 0.15) is 5.69 Å². The van der Waals surface area contributed by atoms with Crippen LogP contribution in [-0.4, -0.2) is 41.7 Å². The van der Waals surface area contributed by atoms with Crippen molar-refractivity contribution in [3.63, 3.8) is 0 Å². The van der Waals surface area contributed by atoms with E-state index in [2.05, 4.69) is 15.3 Å². The number of rotatable bonds is 6. The van der Waals surface area contributed by atoms with Crippen molar-refractivity contribution in [2.75, 3.05) is 18.4 Å². The zero-order valence-corrected chi connectivity index (χ0v) is 16.0. The van der Waals surface area contributed by atoms with Gasteiger partial charge in [-0.2, -0.15) is 4.31 Å². The van der Waals surface area contributed by atoms with Crippen molar-refractivity contribution < 1.29 is 13.2 Å². The van der Waals surface area contributed by atoms with E-state index in [4.69, 9.17) is 0 Å². The van der Waals surface area contributed by atoms with E-state index in [1.807, 2.05) is 0 Å². The molecule has 2 heterocycles. The molecule has 136 valence electrons. The first kappa shape index (κ1) is 18.4. The number of fused-ring (bicyclic) bond motifs is 1. The molecule has 0 aliphatic rings. The number of carbonyl (C=O) groups excluding carboxylic acids is 1. The molecule has 0 aliphatic carbocycles. The summed E-state index contributed by atoms with van der Waals surface area (Å²) in [6.07, 6.45) is 1.54. The predicted molar refractivity (Wildman–Crippen MR) is 102 cm³/mol. The van der Waals surface area contributed by atoms with Gasteiger partial charge in [-0.1, -0.05) is 31.3 Å². The maximum Gasteiger partial charge on any atom is 0.276 e. The second kappa shape index (κ2) is 7.48. The van der Waals surface area contributed by atoms with Crippen molar-refractivity contribution in [2.24, 2.45) is 0 Å². The van der Waals surface area contributed by atoms with E-state index in [-0.39, 0.29) is 16.5 Å². The van der Waals surface area contributed by atoms with E-state index in [0.717, 1.165) is 0 Å². The molecule has 0 aliphatic heterocycles. The molecule has 7 nitrogen and oxygen atoms in total. The standard InChI is InChI=1S/C17H18N4O3S2/c1-3-21(4-2)26(23,24)12-8-9-13-15(11-12)25-17(19-13)20-16(22)14-7-5-6-10-18-14/h5-11H,3-4H2,1-2H3,(H,19,20,22). The number of amides is 1.